The highest BCUT2D eigenvalue weighted by atomic mass is 79.9. The molecule has 12 heavy (non-hydrogen) atoms. The highest BCUT2D eigenvalue weighted by Crippen LogP contribution is 2.20. The second-order valence-corrected chi connectivity index (χ2v) is 3.11. The lowest BCUT2D eigenvalue weighted by Gasteiger charge is -2.03. The monoisotopic (exact) mass is 229 g/mol. The zero-order valence-electron chi connectivity index (χ0n) is 5.96. The topological polar surface area (TPSA) is 44.0 Å². The van der Waals surface area contributed by atoms with Gasteiger partial charge in [0.2, 0.25) is 0 Å². The van der Waals surface area contributed by atoms with Crippen LogP contribution in [-0.2, 0) is 0 Å². The molecule has 0 amide bonds. The Balaban J connectivity index is 3.11. The predicted octanol–water partition coefficient (Wildman–Crippen LogP) is 2.15. The maximum Gasteiger partial charge on any atom is 0.168 e. The van der Waals surface area contributed by atoms with E-state index in [1.165, 1.54) is 12.1 Å². The van der Waals surface area contributed by atoms with Gasteiger partial charge < -0.3 is 5.11 Å². The van der Waals surface area contributed by atoms with Gasteiger partial charge in [-0.3, -0.25) is 0 Å². The zero-order valence-corrected chi connectivity index (χ0v) is 7.55. The van der Waals surface area contributed by atoms with Crippen molar-refractivity contribution in [1.29, 1.82) is 5.26 Å². The van der Waals surface area contributed by atoms with Crippen molar-refractivity contribution < 1.29 is 9.50 Å². The van der Waals surface area contributed by atoms with Crippen molar-refractivity contribution in [2.75, 3.05) is 0 Å². The molecule has 1 atom stereocenters. The first kappa shape index (κ1) is 9.17. The molecule has 0 radical (unpaired) electrons. The van der Waals surface area contributed by atoms with Gasteiger partial charge in [-0.25, -0.2) is 4.39 Å². The number of nitriles is 1. The minimum Gasteiger partial charge on any atom is -0.374 e. The van der Waals surface area contributed by atoms with Gasteiger partial charge in [-0.05, 0) is 12.1 Å². The standard InChI is InChI=1S/C8H5BrFNO/c9-5-1-2-6(7(10)3-5)8(12)4-11/h1-3,8,12H/t8-/m0/s1. The van der Waals surface area contributed by atoms with Crippen LogP contribution in [-0.4, -0.2) is 5.11 Å². The van der Waals surface area contributed by atoms with Gasteiger partial charge in [0.15, 0.2) is 6.10 Å². The Morgan fingerprint density at radius 3 is 2.75 bits per heavy atom. The molecule has 0 spiro atoms. The van der Waals surface area contributed by atoms with Crippen molar-refractivity contribution in [2.45, 2.75) is 6.10 Å². The van der Waals surface area contributed by atoms with E-state index < -0.39 is 11.9 Å². The van der Waals surface area contributed by atoms with Crippen molar-refractivity contribution in [2.24, 2.45) is 0 Å². The van der Waals surface area contributed by atoms with Gasteiger partial charge in [0.1, 0.15) is 5.82 Å². The Labute approximate surface area is 77.4 Å². The van der Waals surface area contributed by atoms with Crippen LogP contribution in [0.1, 0.15) is 11.7 Å². The summed E-state index contributed by atoms with van der Waals surface area (Å²) in [5.74, 6) is -0.585. The van der Waals surface area contributed by atoms with E-state index in [9.17, 15) is 4.39 Å². The van der Waals surface area contributed by atoms with E-state index in [0.717, 1.165) is 0 Å². The molecule has 0 unspecified atom stereocenters. The Hall–Kier alpha value is -0.920. The summed E-state index contributed by atoms with van der Waals surface area (Å²) < 4.78 is 13.5. The molecule has 0 saturated carbocycles. The fourth-order valence-corrected chi connectivity index (χ4v) is 1.13. The predicted molar refractivity (Wildman–Crippen MR) is 44.7 cm³/mol. The number of hydrogen-bond acceptors (Lipinski definition) is 2. The van der Waals surface area contributed by atoms with Gasteiger partial charge in [0, 0.05) is 10.0 Å². The summed E-state index contributed by atoms with van der Waals surface area (Å²) in [7, 11) is 0. The summed E-state index contributed by atoms with van der Waals surface area (Å²) in [5, 5.41) is 17.3. The first-order valence-electron chi connectivity index (χ1n) is 3.18. The highest BCUT2D eigenvalue weighted by Gasteiger charge is 2.10. The lowest BCUT2D eigenvalue weighted by molar-refractivity contribution is 0.230. The van der Waals surface area contributed by atoms with Gasteiger partial charge in [0.05, 0.1) is 6.07 Å². The third-order valence-electron chi connectivity index (χ3n) is 1.38. The fraction of sp³-hybridized carbons (Fsp3) is 0.125. The third kappa shape index (κ3) is 1.81. The third-order valence-corrected chi connectivity index (χ3v) is 1.87. The molecule has 1 rings (SSSR count). The van der Waals surface area contributed by atoms with Crippen LogP contribution in [0, 0.1) is 17.1 Å². The van der Waals surface area contributed by atoms with E-state index >= 15 is 0 Å². The Morgan fingerprint density at radius 1 is 1.58 bits per heavy atom. The minimum absolute atomic E-state index is 0.000648. The first-order valence-corrected chi connectivity index (χ1v) is 3.97. The number of hydrogen-bond donors (Lipinski definition) is 1. The maximum absolute atomic E-state index is 12.9. The highest BCUT2D eigenvalue weighted by molar-refractivity contribution is 9.10. The maximum atomic E-state index is 12.9. The van der Waals surface area contributed by atoms with Crippen molar-refractivity contribution in [3.63, 3.8) is 0 Å². The summed E-state index contributed by atoms with van der Waals surface area (Å²) in [6, 6.07) is 5.68. The molecule has 1 aromatic rings. The fourth-order valence-electron chi connectivity index (χ4n) is 0.793. The summed E-state index contributed by atoms with van der Waals surface area (Å²) in [5.41, 5.74) is 0.000648. The smallest absolute Gasteiger partial charge is 0.168 e. The number of aliphatic hydroxyl groups excluding tert-OH is 1. The van der Waals surface area contributed by atoms with Gasteiger partial charge in [-0.1, -0.05) is 22.0 Å². The normalized spacial score (nSPS) is 12.2. The second kappa shape index (κ2) is 3.65. The lowest BCUT2D eigenvalue weighted by atomic mass is 10.1. The van der Waals surface area contributed by atoms with Crippen molar-refractivity contribution >= 4 is 15.9 Å². The summed E-state index contributed by atoms with van der Waals surface area (Å²) in [6.07, 6.45) is -1.39. The van der Waals surface area contributed by atoms with Crippen LogP contribution in [0.3, 0.4) is 0 Å². The van der Waals surface area contributed by atoms with Gasteiger partial charge >= 0.3 is 0 Å². The van der Waals surface area contributed by atoms with Crippen LogP contribution in [0.5, 0.6) is 0 Å². The van der Waals surface area contributed by atoms with E-state index in [0.29, 0.717) is 4.47 Å². The Kier molecular flexibility index (Phi) is 2.79. The molecule has 0 aromatic heterocycles. The summed E-state index contributed by atoms with van der Waals surface area (Å²) in [4.78, 5) is 0. The number of rotatable bonds is 1. The number of benzene rings is 1. The number of nitrogens with zero attached hydrogens (tertiary/aromatic N) is 1. The number of halogens is 2. The van der Waals surface area contributed by atoms with Gasteiger partial charge in [-0.15, -0.1) is 0 Å². The molecule has 0 bridgehead atoms. The van der Waals surface area contributed by atoms with E-state index in [-0.39, 0.29) is 5.56 Å². The molecule has 0 fully saturated rings. The van der Waals surface area contributed by atoms with E-state index in [1.807, 2.05) is 0 Å². The molecule has 1 aromatic carbocycles. The molecule has 0 heterocycles. The first-order chi connectivity index (χ1) is 5.65. The molecule has 1 N–H and O–H groups in total. The van der Waals surface area contributed by atoms with Crippen LogP contribution in [0.4, 0.5) is 4.39 Å². The van der Waals surface area contributed by atoms with E-state index in [4.69, 9.17) is 10.4 Å². The van der Waals surface area contributed by atoms with Crippen LogP contribution in [0.15, 0.2) is 22.7 Å². The van der Waals surface area contributed by atoms with Crippen molar-refractivity contribution in [3.8, 4) is 6.07 Å². The Bertz CT molecular complexity index is 334. The Morgan fingerprint density at radius 2 is 2.25 bits per heavy atom. The van der Waals surface area contributed by atoms with E-state index in [1.54, 1.807) is 12.1 Å². The van der Waals surface area contributed by atoms with Crippen molar-refractivity contribution in [1.82, 2.24) is 0 Å². The van der Waals surface area contributed by atoms with Crippen molar-refractivity contribution in [3.05, 3.63) is 34.1 Å². The largest absolute Gasteiger partial charge is 0.374 e. The molecule has 0 aliphatic heterocycles. The molecular formula is C8H5BrFNO. The average Bonchev–Trinajstić information content (AvgIpc) is 2.03. The quantitative estimate of drug-likeness (QED) is 0.751. The van der Waals surface area contributed by atoms with Crippen LogP contribution in [0.2, 0.25) is 0 Å². The van der Waals surface area contributed by atoms with Crippen LogP contribution < -0.4 is 0 Å². The molecule has 0 saturated heterocycles. The molecule has 0 aliphatic rings. The molecular weight excluding hydrogens is 225 g/mol. The zero-order chi connectivity index (χ0) is 9.14. The van der Waals surface area contributed by atoms with Gasteiger partial charge in [-0.2, -0.15) is 5.26 Å². The average molecular weight is 230 g/mol. The molecule has 4 heteroatoms. The second-order valence-electron chi connectivity index (χ2n) is 2.20. The molecule has 0 aliphatic carbocycles. The number of aliphatic hydroxyl groups is 1. The molecule has 62 valence electrons. The van der Waals surface area contributed by atoms with Crippen LogP contribution >= 0.6 is 15.9 Å². The molecule has 2 nitrogen and oxygen atoms in total. The van der Waals surface area contributed by atoms with Crippen LogP contribution in [0.25, 0.3) is 0 Å². The summed E-state index contributed by atoms with van der Waals surface area (Å²) in [6.45, 7) is 0. The SMILES string of the molecule is N#C[C@H](O)c1ccc(Br)cc1F. The summed E-state index contributed by atoms with van der Waals surface area (Å²) >= 11 is 3.06. The van der Waals surface area contributed by atoms with E-state index in [2.05, 4.69) is 15.9 Å². The minimum atomic E-state index is -1.39. The lowest BCUT2D eigenvalue weighted by Crippen LogP contribution is -1.96. The van der Waals surface area contributed by atoms with Gasteiger partial charge in [0.25, 0.3) is 0 Å².